The predicted molar refractivity (Wildman–Crippen MR) is 108 cm³/mol. The van der Waals surface area contributed by atoms with Crippen LogP contribution in [-0.4, -0.2) is 32.8 Å². The van der Waals surface area contributed by atoms with Crippen molar-refractivity contribution in [2.24, 2.45) is 5.92 Å². The second kappa shape index (κ2) is 8.30. The zero-order valence-corrected chi connectivity index (χ0v) is 15.9. The highest BCUT2D eigenvalue weighted by Crippen LogP contribution is 2.25. The molecule has 1 fully saturated rings. The van der Waals surface area contributed by atoms with Crippen molar-refractivity contribution in [2.45, 2.75) is 38.3 Å². The highest BCUT2D eigenvalue weighted by molar-refractivity contribution is 6.05. The first-order valence-corrected chi connectivity index (χ1v) is 9.78. The number of nitrogens with zero attached hydrogens (tertiary/aromatic N) is 1. The van der Waals surface area contributed by atoms with E-state index >= 15 is 0 Å². The average molecular weight is 393 g/mol. The predicted octanol–water partition coefficient (Wildman–Crippen LogP) is 1.86. The molecule has 1 saturated carbocycles. The summed E-state index contributed by atoms with van der Waals surface area (Å²) in [6.45, 7) is 0.236. The van der Waals surface area contributed by atoms with Gasteiger partial charge >= 0.3 is 0 Å². The fourth-order valence-electron chi connectivity index (χ4n) is 3.86. The molecule has 0 spiro atoms. The quantitative estimate of drug-likeness (QED) is 0.529. The summed E-state index contributed by atoms with van der Waals surface area (Å²) in [6.07, 6.45) is 6.10. The van der Waals surface area contributed by atoms with Crippen LogP contribution in [0.4, 0.5) is 0 Å². The normalized spacial score (nSPS) is 19.0. The molecular weight excluding hydrogens is 370 g/mol. The van der Waals surface area contributed by atoms with Crippen molar-refractivity contribution >= 4 is 22.7 Å². The van der Waals surface area contributed by atoms with Gasteiger partial charge in [-0.25, -0.2) is 4.98 Å². The molecule has 8 nitrogen and oxygen atoms in total. The van der Waals surface area contributed by atoms with E-state index in [4.69, 9.17) is 0 Å². The number of carbonyl (C=O) groups is 2. The van der Waals surface area contributed by atoms with Gasteiger partial charge < -0.3 is 20.6 Å². The number of aromatic nitrogens is 3. The number of para-hydroxylation sites is 1. The number of amides is 2. The molecular formula is C21H23N5O3. The summed E-state index contributed by atoms with van der Waals surface area (Å²) < 4.78 is 0. The summed E-state index contributed by atoms with van der Waals surface area (Å²) in [5, 5.41) is 6.96. The van der Waals surface area contributed by atoms with E-state index in [1.807, 2.05) is 30.5 Å². The van der Waals surface area contributed by atoms with Gasteiger partial charge in [0.15, 0.2) is 0 Å². The maximum atomic E-state index is 12.7. The Morgan fingerprint density at radius 2 is 1.93 bits per heavy atom. The smallest absolute Gasteiger partial charge is 0.253 e. The highest BCUT2D eigenvalue weighted by Gasteiger charge is 2.27. The van der Waals surface area contributed by atoms with Gasteiger partial charge in [0, 0.05) is 29.6 Å². The Labute approximate surface area is 167 Å². The van der Waals surface area contributed by atoms with Crippen molar-refractivity contribution in [1.29, 1.82) is 0 Å². The number of benzene rings is 1. The number of aromatic amines is 2. The summed E-state index contributed by atoms with van der Waals surface area (Å²) in [7, 11) is 0. The molecule has 0 unspecified atom stereocenters. The first-order valence-electron chi connectivity index (χ1n) is 9.78. The first-order chi connectivity index (χ1) is 14.1. The fourth-order valence-corrected chi connectivity index (χ4v) is 3.86. The minimum absolute atomic E-state index is 0.0342. The van der Waals surface area contributed by atoms with Gasteiger partial charge in [-0.05, 0) is 37.8 Å². The summed E-state index contributed by atoms with van der Waals surface area (Å²) >= 11 is 0. The molecule has 0 bridgehead atoms. The zero-order chi connectivity index (χ0) is 20.2. The number of carbonyl (C=O) groups excluding carboxylic acids is 2. The second-order valence-corrected chi connectivity index (χ2v) is 7.39. The Morgan fingerprint density at radius 3 is 2.72 bits per heavy atom. The lowest BCUT2D eigenvalue weighted by atomic mass is 9.85. The third-order valence-electron chi connectivity index (χ3n) is 5.44. The molecule has 29 heavy (non-hydrogen) atoms. The van der Waals surface area contributed by atoms with Crippen LogP contribution in [0.5, 0.6) is 0 Å². The maximum absolute atomic E-state index is 12.7. The molecule has 0 saturated heterocycles. The van der Waals surface area contributed by atoms with Gasteiger partial charge in [0.05, 0.1) is 29.6 Å². The van der Waals surface area contributed by atoms with Crippen LogP contribution in [0.25, 0.3) is 10.9 Å². The lowest BCUT2D eigenvalue weighted by molar-refractivity contribution is -0.126. The van der Waals surface area contributed by atoms with Crippen LogP contribution in [0.2, 0.25) is 0 Å². The SMILES string of the molecule is O=C(NC1CCC(C(=O)NCc2cc(=O)[nH]cn2)CC1)c1cccc2cc[nH]c12. The van der Waals surface area contributed by atoms with Crippen molar-refractivity contribution in [3.8, 4) is 0 Å². The summed E-state index contributed by atoms with van der Waals surface area (Å²) in [5.74, 6) is -0.212. The molecule has 1 aromatic carbocycles. The minimum Gasteiger partial charge on any atom is -0.361 e. The maximum Gasteiger partial charge on any atom is 0.253 e. The average Bonchev–Trinajstić information content (AvgIpc) is 3.21. The molecule has 3 aromatic rings. The largest absolute Gasteiger partial charge is 0.361 e. The third-order valence-corrected chi connectivity index (χ3v) is 5.44. The van der Waals surface area contributed by atoms with E-state index in [9.17, 15) is 14.4 Å². The Morgan fingerprint density at radius 1 is 1.10 bits per heavy atom. The van der Waals surface area contributed by atoms with E-state index in [1.54, 1.807) is 0 Å². The minimum atomic E-state index is -0.240. The summed E-state index contributed by atoms with van der Waals surface area (Å²) in [6, 6.07) is 9.03. The van der Waals surface area contributed by atoms with Crippen LogP contribution in [0.3, 0.4) is 0 Å². The molecule has 4 rings (SSSR count). The lowest BCUT2D eigenvalue weighted by Crippen LogP contribution is -2.41. The fraction of sp³-hybridized carbons (Fsp3) is 0.333. The number of hydrogen-bond acceptors (Lipinski definition) is 4. The van der Waals surface area contributed by atoms with Crippen LogP contribution >= 0.6 is 0 Å². The van der Waals surface area contributed by atoms with Crippen LogP contribution in [0, 0.1) is 5.92 Å². The highest BCUT2D eigenvalue weighted by atomic mass is 16.2. The molecule has 0 radical (unpaired) electrons. The van der Waals surface area contributed by atoms with Gasteiger partial charge in [0.2, 0.25) is 5.91 Å². The van der Waals surface area contributed by atoms with Gasteiger partial charge in [-0.2, -0.15) is 0 Å². The molecule has 2 amide bonds. The lowest BCUT2D eigenvalue weighted by Gasteiger charge is -2.28. The van der Waals surface area contributed by atoms with E-state index in [1.165, 1.54) is 12.4 Å². The van der Waals surface area contributed by atoms with Crippen molar-refractivity contribution in [1.82, 2.24) is 25.6 Å². The van der Waals surface area contributed by atoms with Crippen molar-refractivity contribution < 1.29 is 9.59 Å². The van der Waals surface area contributed by atoms with Gasteiger partial charge in [0.25, 0.3) is 11.5 Å². The van der Waals surface area contributed by atoms with Gasteiger partial charge in [-0.1, -0.05) is 12.1 Å². The van der Waals surface area contributed by atoms with Crippen LogP contribution in [0.15, 0.2) is 47.7 Å². The zero-order valence-electron chi connectivity index (χ0n) is 15.9. The van der Waals surface area contributed by atoms with E-state index in [2.05, 4.69) is 25.6 Å². The number of fused-ring (bicyclic) bond motifs is 1. The molecule has 8 heteroatoms. The van der Waals surface area contributed by atoms with Crippen LogP contribution < -0.4 is 16.2 Å². The van der Waals surface area contributed by atoms with Crippen molar-refractivity contribution in [3.05, 3.63) is 64.5 Å². The second-order valence-electron chi connectivity index (χ2n) is 7.39. The molecule has 1 aliphatic rings. The Balaban J connectivity index is 1.28. The number of hydrogen-bond donors (Lipinski definition) is 4. The molecule has 4 N–H and O–H groups in total. The van der Waals surface area contributed by atoms with Gasteiger partial charge in [0.1, 0.15) is 0 Å². The van der Waals surface area contributed by atoms with E-state index in [0.29, 0.717) is 24.1 Å². The monoisotopic (exact) mass is 393 g/mol. The van der Waals surface area contributed by atoms with Gasteiger partial charge in [-0.15, -0.1) is 0 Å². The number of rotatable bonds is 5. The number of nitrogens with one attached hydrogen (secondary N) is 4. The first kappa shape index (κ1) is 18.9. The Kier molecular flexibility index (Phi) is 5.41. The van der Waals surface area contributed by atoms with E-state index < -0.39 is 0 Å². The molecule has 2 heterocycles. The molecule has 150 valence electrons. The van der Waals surface area contributed by atoms with Crippen molar-refractivity contribution in [3.63, 3.8) is 0 Å². The Bertz CT molecular complexity index is 1080. The standard InChI is InChI=1S/C21H23N5O3/c27-18-10-16(24-12-25-18)11-23-20(28)14-4-6-15(7-5-14)26-21(29)17-3-1-2-13-8-9-22-19(13)17/h1-3,8-10,12,14-15,22H,4-7,11H2,(H,23,28)(H,26,29)(H,24,25,27). The molecule has 2 aromatic heterocycles. The summed E-state index contributed by atoms with van der Waals surface area (Å²) in [4.78, 5) is 46.0. The number of H-pyrrole nitrogens is 2. The molecule has 1 aliphatic carbocycles. The molecule has 0 atom stereocenters. The van der Waals surface area contributed by atoms with Crippen molar-refractivity contribution in [2.75, 3.05) is 0 Å². The van der Waals surface area contributed by atoms with Gasteiger partial charge in [-0.3, -0.25) is 14.4 Å². The topological polar surface area (TPSA) is 120 Å². The van der Waals surface area contributed by atoms with Crippen LogP contribution in [0.1, 0.15) is 41.7 Å². The summed E-state index contributed by atoms with van der Waals surface area (Å²) in [5.41, 5.74) is 1.77. The Hall–Kier alpha value is -3.42. The van der Waals surface area contributed by atoms with E-state index in [-0.39, 0.29) is 35.9 Å². The third kappa shape index (κ3) is 4.37. The molecule has 0 aliphatic heterocycles. The van der Waals surface area contributed by atoms with Crippen LogP contribution in [-0.2, 0) is 11.3 Å². The van der Waals surface area contributed by atoms with E-state index in [0.717, 1.165) is 23.7 Å².